The van der Waals surface area contributed by atoms with Crippen LogP contribution in [0.15, 0.2) is 170 Å². The molecule has 0 unspecified atom stereocenters. The molecule has 10 aromatic rings. The first-order chi connectivity index (χ1) is 24.8. The summed E-state index contributed by atoms with van der Waals surface area (Å²) >= 11 is 0. The molecule has 0 aliphatic rings. The van der Waals surface area contributed by atoms with Gasteiger partial charge in [0.2, 0.25) is 0 Å². The lowest BCUT2D eigenvalue weighted by atomic mass is 10.1. The van der Waals surface area contributed by atoms with Gasteiger partial charge in [0.05, 0.1) is 22.1 Å². The molecule has 0 amide bonds. The molecule has 0 spiro atoms. The molecule has 0 fully saturated rings. The fraction of sp³-hybridized carbons (Fsp3) is 0. The van der Waals surface area contributed by atoms with Gasteiger partial charge in [0.25, 0.3) is 0 Å². The van der Waals surface area contributed by atoms with E-state index >= 15 is 0 Å². The minimum atomic E-state index is 0.579. The van der Waals surface area contributed by atoms with Crippen molar-refractivity contribution in [3.05, 3.63) is 170 Å². The van der Waals surface area contributed by atoms with E-state index in [1.54, 1.807) is 0 Å². The Kier molecular flexibility index (Phi) is 6.39. The largest absolute Gasteiger partial charge is 0.309 e. The Labute approximate surface area is 287 Å². The summed E-state index contributed by atoms with van der Waals surface area (Å²) < 4.78 is 4.60. The fourth-order valence-corrected chi connectivity index (χ4v) is 7.14. The molecule has 10 rings (SSSR count). The van der Waals surface area contributed by atoms with Crippen molar-refractivity contribution < 1.29 is 0 Å². The number of hydrogen-bond donors (Lipinski definition) is 0. The van der Waals surface area contributed by atoms with Crippen LogP contribution in [0, 0.1) is 0 Å². The summed E-state index contributed by atoms with van der Waals surface area (Å²) in [5.74, 6) is 2.65. The van der Waals surface area contributed by atoms with Crippen molar-refractivity contribution in [3.63, 3.8) is 0 Å². The number of fused-ring (bicyclic) bond motifs is 6. The van der Waals surface area contributed by atoms with Crippen LogP contribution in [0.1, 0.15) is 0 Å². The van der Waals surface area contributed by atoms with Crippen LogP contribution in [0.25, 0.3) is 89.3 Å². The molecule has 6 nitrogen and oxygen atoms in total. The van der Waals surface area contributed by atoms with Gasteiger partial charge in [-0.3, -0.25) is 4.57 Å². The number of aromatic nitrogens is 6. The van der Waals surface area contributed by atoms with Crippen molar-refractivity contribution in [1.29, 1.82) is 0 Å². The monoisotopic (exact) mass is 640 g/mol. The second-order valence-electron chi connectivity index (χ2n) is 12.4. The molecule has 0 aliphatic heterocycles. The van der Waals surface area contributed by atoms with Crippen LogP contribution < -0.4 is 0 Å². The number of benzene rings is 6. The van der Waals surface area contributed by atoms with E-state index in [1.165, 1.54) is 32.6 Å². The van der Waals surface area contributed by atoms with E-state index in [4.69, 9.17) is 19.9 Å². The highest BCUT2D eigenvalue weighted by molar-refractivity contribution is 6.12. The molecule has 0 bridgehead atoms. The molecule has 6 aromatic carbocycles. The second-order valence-corrected chi connectivity index (χ2v) is 12.4. The van der Waals surface area contributed by atoms with Crippen LogP contribution in [-0.4, -0.2) is 29.1 Å². The van der Waals surface area contributed by atoms with Gasteiger partial charge in [-0.05, 0) is 48.5 Å². The van der Waals surface area contributed by atoms with Crippen LogP contribution in [0.4, 0.5) is 0 Å². The molecule has 0 aliphatic carbocycles. The minimum absolute atomic E-state index is 0.579. The molecule has 50 heavy (non-hydrogen) atoms. The molecule has 4 aromatic heterocycles. The van der Waals surface area contributed by atoms with E-state index in [1.807, 2.05) is 72.9 Å². The van der Waals surface area contributed by atoms with E-state index in [2.05, 4.69) is 106 Å². The van der Waals surface area contributed by atoms with Gasteiger partial charge in [-0.1, -0.05) is 115 Å². The molecular weight excluding hydrogens is 613 g/mol. The normalized spacial score (nSPS) is 11.6. The van der Waals surface area contributed by atoms with Gasteiger partial charge >= 0.3 is 0 Å². The lowest BCUT2D eigenvalue weighted by Gasteiger charge is -2.11. The minimum Gasteiger partial charge on any atom is -0.309 e. The molecular formula is C44H28N6. The summed E-state index contributed by atoms with van der Waals surface area (Å²) in [7, 11) is 0. The highest BCUT2D eigenvalue weighted by Crippen LogP contribution is 2.37. The quantitative estimate of drug-likeness (QED) is 0.188. The Morgan fingerprint density at radius 2 is 0.800 bits per heavy atom. The van der Waals surface area contributed by atoms with E-state index in [9.17, 15) is 0 Å². The number of para-hydroxylation sites is 3. The van der Waals surface area contributed by atoms with Crippen molar-refractivity contribution in [2.24, 2.45) is 0 Å². The van der Waals surface area contributed by atoms with Crippen LogP contribution in [0.3, 0.4) is 0 Å². The Balaban J connectivity index is 1.11. The number of rotatable bonds is 5. The summed E-state index contributed by atoms with van der Waals surface area (Å²) in [6.45, 7) is 0. The molecule has 4 heterocycles. The fourth-order valence-electron chi connectivity index (χ4n) is 7.14. The van der Waals surface area contributed by atoms with Gasteiger partial charge < -0.3 is 4.57 Å². The highest BCUT2D eigenvalue weighted by atomic mass is 15.1. The highest BCUT2D eigenvalue weighted by Gasteiger charge is 2.18. The average Bonchev–Trinajstić information content (AvgIpc) is 3.71. The summed E-state index contributed by atoms with van der Waals surface area (Å²) in [5.41, 5.74) is 8.39. The van der Waals surface area contributed by atoms with Gasteiger partial charge in [0, 0.05) is 50.1 Å². The van der Waals surface area contributed by atoms with Crippen LogP contribution >= 0.6 is 0 Å². The van der Waals surface area contributed by atoms with Gasteiger partial charge in [0.1, 0.15) is 5.82 Å². The Morgan fingerprint density at radius 1 is 0.340 bits per heavy atom. The smallest absolute Gasteiger partial charge is 0.165 e. The van der Waals surface area contributed by atoms with Gasteiger partial charge in [-0.25, -0.2) is 19.9 Å². The predicted molar refractivity (Wildman–Crippen MR) is 203 cm³/mol. The Bertz CT molecular complexity index is 2740. The third-order valence-corrected chi connectivity index (χ3v) is 9.43. The number of nitrogens with zero attached hydrogens (tertiary/aromatic N) is 6. The SMILES string of the molecule is c1ccc(-c2nc(-c3ccccc3)nc(-c3ccc(-n4c5ccccc5c5cc(-n6c7ccccc7c7ccccc76)ccc54)nc3)n2)cc1. The first-order valence-corrected chi connectivity index (χ1v) is 16.7. The maximum absolute atomic E-state index is 5.01. The summed E-state index contributed by atoms with van der Waals surface area (Å²) in [4.78, 5) is 19.6. The van der Waals surface area contributed by atoms with Crippen molar-refractivity contribution in [1.82, 2.24) is 29.1 Å². The van der Waals surface area contributed by atoms with Crippen LogP contribution in [0.2, 0.25) is 0 Å². The zero-order valence-electron chi connectivity index (χ0n) is 26.8. The molecule has 0 saturated heterocycles. The maximum atomic E-state index is 5.01. The molecule has 0 saturated carbocycles. The predicted octanol–water partition coefficient (Wildman–Crippen LogP) is 10.5. The summed E-state index contributed by atoms with van der Waals surface area (Å²) in [6, 6.07) is 56.7. The second kappa shape index (κ2) is 11.4. The van der Waals surface area contributed by atoms with Crippen LogP contribution in [-0.2, 0) is 0 Å². The first kappa shape index (κ1) is 28.1. The molecule has 6 heteroatoms. The Morgan fingerprint density at radius 3 is 1.34 bits per heavy atom. The van der Waals surface area contributed by atoms with E-state index in [0.29, 0.717) is 17.5 Å². The topological polar surface area (TPSA) is 61.4 Å². The van der Waals surface area contributed by atoms with Gasteiger partial charge in [-0.15, -0.1) is 0 Å². The van der Waals surface area contributed by atoms with E-state index in [-0.39, 0.29) is 0 Å². The maximum Gasteiger partial charge on any atom is 0.165 e. The van der Waals surface area contributed by atoms with E-state index < -0.39 is 0 Å². The van der Waals surface area contributed by atoms with E-state index in [0.717, 1.165) is 39.2 Å². The van der Waals surface area contributed by atoms with Crippen molar-refractivity contribution >= 4 is 43.6 Å². The van der Waals surface area contributed by atoms with Gasteiger partial charge in [-0.2, -0.15) is 0 Å². The average molecular weight is 641 g/mol. The molecule has 0 radical (unpaired) electrons. The third kappa shape index (κ3) is 4.50. The third-order valence-electron chi connectivity index (χ3n) is 9.43. The lowest BCUT2D eigenvalue weighted by Crippen LogP contribution is -2.01. The first-order valence-electron chi connectivity index (χ1n) is 16.7. The van der Waals surface area contributed by atoms with Gasteiger partial charge in [0.15, 0.2) is 17.5 Å². The molecule has 234 valence electrons. The summed E-state index contributed by atoms with van der Waals surface area (Å²) in [5, 5.41) is 4.84. The van der Waals surface area contributed by atoms with Crippen molar-refractivity contribution in [2.45, 2.75) is 0 Å². The lowest BCUT2D eigenvalue weighted by molar-refractivity contribution is 1.05. The molecule has 0 atom stereocenters. The summed E-state index contributed by atoms with van der Waals surface area (Å²) in [6.07, 6.45) is 1.86. The number of hydrogen-bond acceptors (Lipinski definition) is 4. The Hall–Kier alpha value is -6.92. The molecule has 0 N–H and O–H groups in total. The standard InChI is InChI=1S/C44H28N6/c1-3-13-29(14-4-1)42-46-43(30-15-5-2-6-16-30)48-44(47-42)31-23-26-41(45-28-31)50-39-22-12-9-19-35(39)36-27-32(24-25-40(36)50)49-37-20-10-7-17-33(37)34-18-8-11-21-38(34)49/h1-28H. The zero-order chi connectivity index (χ0) is 33.0. The van der Waals surface area contributed by atoms with Crippen molar-refractivity contribution in [3.8, 4) is 45.7 Å². The van der Waals surface area contributed by atoms with Crippen LogP contribution in [0.5, 0.6) is 0 Å². The number of pyridine rings is 1. The zero-order valence-corrected chi connectivity index (χ0v) is 26.8. The van der Waals surface area contributed by atoms with Crippen molar-refractivity contribution in [2.75, 3.05) is 0 Å².